The Morgan fingerprint density at radius 1 is 1.00 bits per heavy atom. The maximum Gasteiger partial charge on any atom is 0.258 e. The summed E-state index contributed by atoms with van der Waals surface area (Å²) >= 11 is 1.71. The molecule has 0 bridgehead atoms. The van der Waals surface area contributed by atoms with E-state index < -0.39 is 0 Å². The maximum absolute atomic E-state index is 12.8. The number of benzene rings is 2. The van der Waals surface area contributed by atoms with E-state index in [9.17, 15) is 4.79 Å². The fourth-order valence-corrected chi connectivity index (χ4v) is 5.22. The number of ether oxygens (including phenoxy) is 1. The highest BCUT2D eigenvalue weighted by Gasteiger charge is 2.23. The minimum absolute atomic E-state index is 0.0904. The molecule has 0 unspecified atom stereocenters. The molecule has 5 nitrogen and oxygen atoms in total. The molecule has 30 heavy (non-hydrogen) atoms. The summed E-state index contributed by atoms with van der Waals surface area (Å²) in [7, 11) is 0. The van der Waals surface area contributed by atoms with Crippen molar-refractivity contribution in [2.24, 2.45) is 0 Å². The number of nitrogens with zero attached hydrogens (tertiary/aromatic N) is 2. The Bertz CT molecular complexity index is 1140. The topological polar surface area (TPSA) is 64.1 Å². The van der Waals surface area contributed by atoms with Crippen LogP contribution in [0.25, 0.3) is 10.2 Å². The molecule has 0 radical (unpaired) electrons. The van der Waals surface area contributed by atoms with Gasteiger partial charge in [0, 0.05) is 4.88 Å². The average Bonchev–Trinajstić information content (AvgIpc) is 3.38. The lowest BCUT2D eigenvalue weighted by Gasteiger charge is -2.20. The van der Waals surface area contributed by atoms with Crippen molar-refractivity contribution >= 4 is 27.5 Å². The minimum atomic E-state index is -0.237. The van der Waals surface area contributed by atoms with Gasteiger partial charge in [0.15, 0.2) is 6.61 Å². The van der Waals surface area contributed by atoms with E-state index >= 15 is 0 Å². The number of amides is 1. The number of hydrogen-bond donors (Lipinski definition) is 1. The average molecular weight is 416 g/mol. The van der Waals surface area contributed by atoms with E-state index in [4.69, 9.17) is 4.74 Å². The predicted octanol–water partition coefficient (Wildman–Crippen LogP) is 4.46. The monoisotopic (exact) mass is 415 g/mol. The molecule has 4 aromatic rings. The second kappa shape index (κ2) is 8.24. The lowest BCUT2D eigenvalue weighted by molar-refractivity contribution is -0.123. The molecule has 0 saturated heterocycles. The highest BCUT2D eigenvalue weighted by molar-refractivity contribution is 7.18. The van der Waals surface area contributed by atoms with Crippen LogP contribution in [-0.4, -0.2) is 22.5 Å². The Balaban J connectivity index is 1.35. The van der Waals surface area contributed by atoms with Crippen molar-refractivity contribution in [1.82, 2.24) is 15.3 Å². The highest BCUT2D eigenvalue weighted by Crippen LogP contribution is 2.39. The number of carbonyl (C=O) groups is 1. The molecule has 1 amide bonds. The van der Waals surface area contributed by atoms with Crippen LogP contribution in [0.15, 0.2) is 67.0 Å². The van der Waals surface area contributed by atoms with E-state index in [1.807, 2.05) is 60.7 Å². The normalized spacial score (nSPS) is 12.8. The molecule has 1 aliphatic carbocycles. The van der Waals surface area contributed by atoms with Crippen molar-refractivity contribution in [3.8, 4) is 5.88 Å². The van der Waals surface area contributed by atoms with Gasteiger partial charge in [-0.25, -0.2) is 9.97 Å². The lowest BCUT2D eigenvalue weighted by atomic mass is 9.99. The Morgan fingerprint density at radius 3 is 2.40 bits per heavy atom. The number of hydrogen-bond acceptors (Lipinski definition) is 5. The van der Waals surface area contributed by atoms with E-state index in [1.165, 1.54) is 16.8 Å². The summed E-state index contributed by atoms with van der Waals surface area (Å²) in [4.78, 5) is 23.8. The summed E-state index contributed by atoms with van der Waals surface area (Å²) in [5, 5.41) is 4.09. The van der Waals surface area contributed by atoms with Crippen molar-refractivity contribution in [2.45, 2.75) is 25.3 Å². The van der Waals surface area contributed by atoms with E-state index in [-0.39, 0.29) is 18.6 Å². The predicted molar refractivity (Wildman–Crippen MR) is 118 cm³/mol. The summed E-state index contributed by atoms with van der Waals surface area (Å²) in [5.41, 5.74) is 3.34. The van der Waals surface area contributed by atoms with Gasteiger partial charge in [-0.15, -0.1) is 11.3 Å². The van der Waals surface area contributed by atoms with Crippen LogP contribution in [0.2, 0.25) is 0 Å². The van der Waals surface area contributed by atoms with Crippen LogP contribution in [-0.2, 0) is 17.6 Å². The molecular formula is C24H21N3O2S. The first-order chi connectivity index (χ1) is 14.8. The fraction of sp³-hybridized carbons (Fsp3) is 0.208. The second-order valence-corrected chi connectivity index (χ2v) is 8.41. The number of nitrogens with one attached hydrogen (secondary N) is 1. The molecule has 2 aromatic carbocycles. The van der Waals surface area contributed by atoms with Gasteiger partial charge in [0.25, 0.3) is 5.91 Å². The van der Waals surface area contributed by atoms with E-state index in [0.717, 1.165) is 40.6 Å². The van der Waals surface area contributed by atoms with E-state index in [2.05, 4.69) is 15.3 Å². The second-order valence-electron chi connectivity index (χ2n) is 7.33. The van der Waals surface area contributed by atoms with Gasteiger partial charge >= 0.3 is 0 Å². The van der Waals surface area contributed by atoms with Crippen LogP contribution < -0.4 is 10.1 Å². The fourth-order valence-electron chi connectivity index (χ4n) is 4.00. The van der Waals surface area contributed by atoms with Crippen LogP contribution >= 0.6 is 11.3 Å². The number of fused-ring (bicyclic) bond motifs is 3. The molecule has 5 rings (SSSR count). The number of aryl methyl sites for hydroxylation is 2. The smallest absolute Gasteiger partial charge is 0.258 e. The molecule has 2 aromatic heterocycles. The number of thiophene rings is 1. The summed E-state index contributed by atoms with van der Waals surface area (Å²) in [5.74, 6) is 0.317. The summed E-state index contributed by atoms with van der Waals surface area (Å²) in [6.07, 6.45) is 4.78. The van der Waals surface area contributed by atoms with Gasteiger partial charge in [-0.1, -0.05) is 60.7 Å². The first-order valence-electron chi connectivity index (χ1n) is 10.1. The van der Waals surface area contributed by atoms with Gasteiger partial charge in [-0.05, 0) is 36.0 Å². The standard InChI is InChI=1S/C24H21N3O2S/c28-20(27-22(16-8-3-1-4-9-16)17-10-5-2-6-11-17)14-29-23-21-18-12-7-13-19(18)30-24(21)26-15-25-23/h1-6,8-11,15,22H,7,12-14H2,(H,27,28). The third-order valence-corrected chi connectivity index (χ3v) is 6.58. The highest BCUT2D eigenvalue weighted by atomic mass is 32.1. The first kappa shape index (κ1) is 18.8. The van der Waals surface area contributed by atoms with E-state index in [0.29, 0.717) is 5.88 Å². The molecule has 1 aliphatic rings. The van der Waals surface area contributed by atoms with Crippen LogP contribution in [0.5, 0.6) is 5.88 Å². The first-order valence-corrected chi connectivity index (χ1v) is 10.9. The Labute approximate surface area is 178 Å². The largest absolute Gasteiger partial charge is 0.467 e. The van der Waals surface area contributed by atoms with Gasteiger partial charge in [-0.2, -0.15) is 0 Å². The number of carbonyl (C=O) groups excluding carboxylic acids is 1. The van der Waals surface area contributed by atoms with Crippen molar-refractivity contribution < 1.29 is 9.53 Å². The van der Waals surface area contributed by atoms with E-state index in [1.54, 1.807) is 11.3 Å². The van der Waals surface area contributed by atoms with Gasteiger partial charge in [-0.3, -0.25) is 4.79 Å². The molecule has 1 N–H and O–H groups in total. The SMILES string of the molecule is O=C(COc1ncnc2sc3c(c12)CCC3)NC(c1ccccc1)c1ccccc1. The molecule has 0 spiro atoms. The zero-order valence-corrected chi connectivity index (χ0v) is 17.2. The molecule has 150 valence electrons. The minimum Gasteiger partial charge on any atom is -0.467 e. The number of aromatic nitrogens is 2. The summed E-state index contributed by atoms with van der Waals surface area (Å²) in [6, 6.07) is 19.7. The summed E-state index contributed by atoms with van der Waals surface area (Å²) in [6.45, 7) is -0.0904. The van der Waals surface area contributed by atoms with Crippen LogP contribution in [0.3, 0.4) is 0 Å². The zero-order valence-electron chi connectivity index (χ0n) is 16.4. The molecular weight excluding hydrogens is 394 g/mol. The lowest BCUT2D eigenvalue weighted by Crippen LogP contribution is -2.33. The van der Waals surface area contributed by atoms with Crippen molar-refractivity contribution in [1.29, 1.82) is 0 Å². The van der Waals surface area contributed by atoms with Crippen molar-refractivity contribution in [3.05, 3.63) is 88.6 Å². The van der Waals surface area contributed by atoms with Crippen LogP contribution in [0.1, 0.15) is 34.0 Å². The van der Waals surface area contributed by atoms with Crippen LogP contribution in [0, 0.1) is 0 Å². The Kier molecular flexibility index (Phi) is 5.15. The third kappa shape index (κ3) is 3.66. The Hall–Kier alpha value is -3.25. The Morgan fingerprint density at radius 2 is 1.70 bits per heavy atom. The van der Waals surface area contributed by atoms with Gasteiger partial charge in [0.1, 0.15) is 11.2 Å². The summed E-state index contributed by atoms with van der Waals surface area (Å²) < 4.78 is 5.88. The number of rotatable bonds is 6. The molecule has 0 aliphatic heterocycles. The quantitative estimate of drug-likeness (QED) is 0.505. The zero-order chi connectivity index (χ0) is 20.3. The van der Waals surface area contributed by atoms with Gasteiger partial charge < -0.3 is 10.1 Å². The van der Waals surface area contributed by atoms with Crippen molar-refractivity contribution in [3.63, 3.8) is 0 Å². The van der Waals surface area contributed by atoms with Gasteiger partial charge in [0.05, 0.1) is 11.4 Å². The molecule has 6 heteroatoms. The molecule has 0 saturated carbocycles. The molecule has 0 fully saturated rings. The molecule has 0 atom stereocenters. The van der Waals surface area contributed by atoms with Gasteiger partial charge in [0.2, 0.25) is 5.88 Å². The van der Waals surface area contributed by atoms with Crippen molar-refractivity contribution in [2.75, 3.05) is 6.61 Å². The van der Waals surface area contributed by atoms with Crippen LogP contribution in [0.4, 0.5) is 0 Å². The third-order valence-electron chi connectivity index (χ3n) is 5.38. The maximum atomic E-state index is 12.8. The molecule has 2 heterocycles.